The minimum atomic E-state index is -0.587. The van der Waals surface area contributed by atoms with Gasteiger partial charge in [0.15, 0.2) is 0 Å². The maximum Gasteiger partial charge on any atom is 0.243 e. The first-order valence-corrected chi connectivity index (χ1v) is 3.49. The highest BCUT2D eigenvalue weighted by molar-refractivity contribution is 5.86. The average molecular weight is 169 g/mol. The zero-order valence-electron chi connectivity index (χ0n) is 7.05. The zero-order valence-corrected chi connectivity index (χ0v) is 7.05. The lowest BCUT2D eigenvalue weighted by Crippen LogP contribution is -2.44. The van der Waals surface area contributed by atoms with Crippen molar-refractivity contribution in [3.05, 3.63) is 0 Å². The standard InChI is InChI=1S/C7H11N3O2/c1-5(10-6(2)11)7(12)9-4-3-8/h5H,4H2,1-2H3,(H,9,12)(H,10,11). The molecule has 66 valence electrons. The lowest BCUT2D eigenvalue weighted by Gasteiger charge is -2.10. The number of hydrogen-bond acceptors (Lipinski definition) is 3. The largest absolute Gasteiger partial charge is 0.345 e. The van der Waals surface area contributed by atoms with Gasteiger partial charge in [0.1, 0.15) is 12.6 Å². The van der Waals surface area contributed by atoms with Gasteiger partial charge in [0.2, 0.25) is 11.8 Å². The Morgan fingerprint density at radius 3 is 2.58 bits per heavy atom. The highest BCUT2D eigenvalue weighted by atomic mass is 16.2. The Bertz CT molecular complexity index is 219. The summed E-state index contributed by atoms with van der Waals surface area (Å²) in [7, 11) is 0. The van der Waals surface area contributed by atoms with Crippen molar-refractivity contribution in [2.75, 3.05) is 6.54 Å². The first kappa shape index (κ1) is 10.4. The van der Waals surface area contributed by atoms with Crippen molar-refractivity contribution in [3.63, 3.8) is 0 Å². The average Bonchev–Trinajstić information content (AvgIpc) is 1.98. The third kappa shape index (κ3) is 4.28. The second-order valence-electron chi connectivity index (χ2n) is 2.30. The highest BCUT2D eigenvalue weighted by Crippen LogP contribution is 1.80. The summed E-state index contributed by atoms with van der Waals surface area (Å²) in [4.78, 5) is 21.4. The van der Waals surface area contributed by atoms with Gasteiger partial charge in [-0.25, -0.2) is 0 Å². The molecule has 1 unspecified atom stereocenters. The van der Waals surface area contributed by atoms with E-state index in [1.807, 2.05) is 0 Å². The van der Waals surface area contributed by atoms with Gasteiger partial charge in [-0.1, -0.05) is 0 Å². The van der Waals surface area contributed by atoms with Crippen LogP contribution < -0.4 is 10.6 Å². The summed E-state index contributed by atoms with van der Waals surface area (Å²) in [5, 5.41) is 12.8. The fourth-order valence-corrected chi connectivity index (χ4v) is 0.650. The van der Waals surface area contributed by atoms with Crippen LogP contribution in [0.2, 0.25) is 0 Å². The van der Waals surface area contributed by atoms with Gasteiger partial charge in [-0.3, -0.25) is 9.59 Å². The number of carbonyl (C=O) groups excluding carboxylic acids is 2. The second kappa shape index (κ2) is 5.13. The van der Waals surface area contributed by atoms with Gasteiger partial charge in [-0.2, -0.15) is 5.26 Å². The quantitative estimate of drug-likeness (QED) is 0.540. The van der Waals surface area contributed by atoms with E-state index in [9.17, 15) is 9.59 Å². The first-order chi connectivity index (χ1) is 5.57. The maximum absolute atomic E-state index is 11.0. The molecule has 0 aliphatic rings. The number of rotatable bonds is 3. The molecule has 0 saturated heterocycles. The zero-order chi connectivity index (χ0) is 9.56. The Morgan fingerprint density at radius 2 is 2.17 bits per heavy atom. The Labute approximate surface area is 70.7 Å². The molecule has 0 rings (SSSR count). The van der Waals surface area contributed by atoms with Crippen LogP contribution in [0.4, 0.5) is 0 Å². The second-order valence-corrected chi connectivity index (χ2v) is 2.30. The minimum Gasteiger partial charge on any atom is -0.345 e. The van der Waals surface area contributed by atoms with E-state index in [0.29, 0.717) is 0 Å². The Balaban J connectivity index is 3.78. The van der Waals surface area contributed by atoms with Gasteiger partial charge in [0, 0.05) is 6.92 Å². The molecule has 2 amide bonds. The van der Waals surface area contributed by atoms with Gasteiger partial charge >= 0.3 is 0 Å². The molecule has 12 heavy (non-hydrogen) atoms. The van der Waals surface area contributed by atoms with Gasteiger partial charge in [-0.05, 0) is 6.92 Å². The van der Waals surface area contributed by atoms with Crippen molar-refractivity contribution < 1.29 is 9.59 Å². The number of carbonyl (C=O) groups is 2. The van der Waals surface area contributed by atoms with Crippen molar-refractivity contribution in [1.82, 2.24) is 10.6 Å². The molecular weight excluding hydrogens is 158 g/mol. The van der Waals surface area contributed by atoms with Gasteiger partial charge in [0.25, 0.3) is 0 Å². The molecule has 0 aromatic carbocycles. The smallest absolute Gasteiger partial charge is 0.243 e. The van der Waals surface area contributed by atoms with E-state index in [4.69, 9.17) is 5.26 Å². The van der Waals surface area contributed by atoms with Crippen molar-refractivity contribution in [3.8, 4) is 6.07 Å². The number of nitriles is 1. The van der Waals surface area contributed by atoms with Crippen molar-refractivity contribution in [2.24, 2.45) is 0 Å². The molecule has 0 fully saturated rings. The van der Waals surface area contributed by atoms with E-state index in [1.54, 1.807) is 13.0 Å². The molecule has 0 bridgehead atoms. The van der Waals surface area contributed by atoms with E-state index in [0.717, 1.165) is 0 Å². The van der Waals surface area contributed by atoms with E-state index >= 15 is 0 Å². The lowest BCUT2D eigenvalue weighted by molar-refractivity contribution is -0.127. The fraction of sp³-hybridized carbons (Fsp3) is 0.571. The highest BCUT2D eigenvalue weighted by Gasteiger charge is 2.11. The van der Waals surface area contributed by atoms with Crippen LogP contribution in [-0.2, 0) is 9.59 Å². The van der Waals surface area contributed by atoms with Crippen LogP contribution in [-0.4, -0.2) is 24.4 Å². The monoisotopic (exact) mass is 169 g/mol. The summed E-state index contributed by atoms with van der Waals surface area (Å²) in [6, 6.07) is 1.17. The molecular formula is C7H11N3O2. The van der Waals surface area contributed by atoms with Crippen LogP contribution >= 0.6 is 0 Å². The van der Waals surface area contributed by atoms with Crippen molar-refractivity contribution in [1.29, 1.82) is 5.26 Å². The van der Waals surface area contributed by atoms with Gasteiger partial charge in [-0.15, -0.1) is 0 Å². The topological polar surface area (TPSA) is 82.0 Å². The van der Waals surface area contributed by atoms with E-state index in [-0.39, 0.29) is 18.4 Å². The summed E-state index contributed by atoms with van der Waals surface area (Å²) in [5.74, 6) is -0.624. The number of hydrogen-bond donors (Lipinski definition) is 2. The summed E-state index contributed by atoms with van der Waals surface area (Å²) in [5.41, 5.74) is 0. The molecule has 0 aliphatic carbocycles. The predicted octanol–water partition coefficient (Wildman–Crippen LogP) is -0.849. The Hall–Kier alpha value is -1.57. The lowest BCUT2D eigenvalue weighted by atomic mass is 10.3. The van der Waals surface area contributed by atoms with E-state index in [2.05, 4.69) is 10.6 Å². The molecule has 5 nitrogen and oxygen atoms in total. The van der Waals surface area contributed by atoms with E-state index in [1.165, 1.54) is 6.92 Å². The predicted molar refractivity (Wildman–Crippen MR) is 41.9 cm³/mol. The summed E-state index contributed by atoms with van der Waals surface area (Å²) < 4.78 is 0. The molecule has 0 radical (unpaired) electrons. The fourth-order valence-electron chi connectivity index (χ4n) is 0.650. The van der Waals surface area contributed by atoms with Crippen LogP contribution in [0.25, 0.3) is 0 Å². The van der Waals surface area contributed by atoms with Crippen molar-refractivity contribution in [2.45, 2.75) is 19.9 Å². The van der Waals surface area contributed by atoms with Crippen LogP contribution in [0.15, 0.2) is 0 Å². The Morgan fingerprint density at radius 1 is 1.58 bits per heavy atom. The van der Waals surface area contributed by atoms with Crippen LogP contribution in [0.3, 0.4) is 0 Å². The first-order valence-electron chi connectivity index (χ1n) is 3.49. The summed E-state index contributed by atoms with van der Waals surface area (Å²) in [6.07, 6.45) is 0. The molecule has 0 aromatic rings. The SMILES string of the molecule is CC(=O)NC(C)C(=O)NCC#N. The van der Waals surface area contributed by atoms with Gasteiger partial charge in [0.05, 0.1) is 6.07 Å². The molecule has 0 heterocycles. The maximum atomic E-state index is 11.0. The summed E-state index contributed by atoms with van der Waals surface area (Å²) in [6.45, 7) is 2.84. The minimum absolute atomic E-state index is 0.0389. The molecule has 0 spiro atoms. The normalized spacial score (nSPS) is 11.1. The molecule has 1 atom stereocenters. The third-order valence-corrected chi connectivity index (χ3v) is 1.15. The van der Waals surface area contributed by atoms with Crippen LogP contribution in [0.1, 0.15) is 13.8 Å². The molecule has 0 aromatic heterocycles. The molecule has 2 N–H and O–H groups in total. The van der Waals surface area contributed by atoms with Crippen LogP contribution in [0.5, 0.6) is 0 Å². The third-order valence-electron chi connectivity index (χ3n) is 1.15. The Kier molecular flexibility index (Phi) is 4.46. The summed E-state index contributed by atoms with van der Waals surface area (Å²) >= 11 is 0. The van der Waals surface area contributed by atoms with Crippen molar-refractivity contribution >= 4 is 11.8 Å². The molecule has 5 heteroatoms. The van der Waals surface area contributed by atoms with Crippen LogP contribution in [0, 0.1) is 11.3 Å². The molecule has 0 saturated carbocycles. The van der Waals surface area contributed by atoms with Gasteiger partial charge < -0.3 is 10.6 Å². The number of amides is 2. The number of nitrogens with zero attached hydrogens (tertiary/aromatic N) is 1. The molecule has 0 aliphatic heterocycles. The number of nitrogens with one attached hydrogen (secondary N) is 2. The van der Waals surface area contributed by atoms with E-state index < -0.39 is 6.04 Å².